The number of esters is 1. The van der Waals surface area contributed by atoms with Crippen molar-refractivity contribution in [2.24, 2.45) is 4.99 Å². The van der Waals surface area contributed by atoms with Gasteiger partial charge in [0, 0.05) is 11.2 Å². The van der Waals surface area contributed by atoms with Crippen LogP contribution in [-0.4, -0.2) is 29.3 Å². The molecule has 0 spiro atoms. The maximum Gasteiger partial charge on any atom is 0.338 e. The second kappa shape index (κ2) is 10.9. The Bertz CT molecular complexity index is 1200. The number of ether oxygens (including phenoxy) is 3. The molecule has 178 valence electrons. The van der Waals surface area contributed by atoms with Crippen LogP contribution in [0.2, 0.25) is 5.02 Å². The lowest BCUT2D eigenvalue weighted by Gasteiger charge is -2.33. The summed E-state index contributed by atoms with van der Waals surface area (Å²) in [6, 6.07) is 11.0. The lowest BCUT2D eigenvalue weighted by Crippen LogP contribution is -2.34. The normalized spacial score (nSPS) is 16.9. The van der Waals surface area contributed by atoms with Gasteiger partial charge in [-0.3, -0.25) is 0 Å². The molecule has 0 aromatic heterocycles. The molecule has 0 unspecified atom stereocenters. The van der Waals surface area contributed by atoms with Crippen LogP contribution in [-0.2, 0) is 16.1 Å². The number of benzene rings is 2. The number of halogens is 2. The topological polar surface area (TPSA) is 60.4 Å². The molecule has 0 aliphatic carbocycles. The van der Waals surface area contributed by atoms with Gasteiger partial charge in [0.1, 0.15) is 6.61 Å². The van der Waals surface area contributed by atoms with Crippen molar-refractivity contribution in [3.63, 3.8) is 0 Å². The summed E-state index contributed by atoms with van der Waals surface area (Å²) in [5.74, 6) is 0.781. The fraction of sp³-hybridized carbons (Fsp3) is 0.280. The molecular formula is C25H24BrClN2O4S. The lowest BCUT2D eigenvalue weighted by atomic mass is 9.94. The summed E-state index contributed by atoms with van der Waals surface area (Å²) in [7, 11) is 0. The monoisotopic (exact) mass is 562 g/mol. The van der Waals surface area contributed by atoms with Crippen LogP contribution in [0.5, 0.6) is 11.5 Å². The number of rotatable bonds is 8. The minimum atomic E-state index is -0.407. The first-order valence-corrected chi connectivity index (χ1v) is 12.9. The van der Waals surface area contributed by atoms with Crippen molar-refractivity contribution in [3.8, 4) is 11.5 Å². The molecule has 34 heavy (non-hydrogen) atoms. The van der Waals surface area contributed by atoms with Gasteiger partial charge in [-0.1, -0.05) is 35.5 Å². The zero-order valence-electron chi connectivity index (χ0n) is 19.0. The summed E-state index contributed by atoms with van der Waals surface area (Å²) in [4.78, 5) is 19.5. The van der Waals surface area contributed by atoms with Gasteiger partial charge >= 0.3 is 5.97 Å². The molecule has 9 heteroatoms. The molecule has 2 aliphatic heterocycles. The van der Waals surface area contributed by atoms with Crippen LogP contribution in [0.1, 0.15) is 37.9 Å². The molecular weight excluding hydrogens is 540 g/mol. The summed E-state index contributed by atoms with van der Waals surface area (Å²) in [6.45, 7) is 6.62. The number of hydrogen-bond acceptors (Lipinski definition) is 7. The Kier molecular flexibility index (Phi) is 7.91. The van der Waals surface area contributed by atoms with Gasteiger partial charge in [-0.05, 0) is 77.5 Å². The Hall–Kier alpha value is -2.42. The van der Waals surface area contributed by atoms with E-state index in [1.165, 1.54) is 11.8 Å². The molecule has 0 amide bonds. The minimum Gasteiger partial charge on any atom is -0.490 e. The van der Waals surface area contributed by atoms with Crippen molar-refractivity contribution in [1.29, 1.82) is 0 Å². The maximum atomic E-state index is 12.9. The van der Waals surface area contributed by atoms with E-state index in [0.717, 1.165) is 20.8 Å². The van der Waals surface area contributed by atoms with E-state index >= 15 is 0 Å². The first-order valence-electron chi connectivity index (χ1n) is 10.8. The molecule has 6 nitrogen and oxygen atoms in total. The van der Waals surface area contributed by atoms with Crippen LogP contribution in [0.15, 0.2) is 68.7 Å². The predicted molar refractivity (Wildman–Crippen MR) is 139 cm³/mol. The van der Waals surface area contributed by atoms with E-state index in [1.807, 2.05) is 66.8 Å². The van der Waals surface area contributed by atoms with Crippen molar-refractivity contribution < 1.29 is 19.0 Å². The van der Waals surface area contributed by atoms with E-state index in [9.17, 15) is 4.79 Å². The van der Waals surface area contributed by atoms with E-state index in [0.29, 0.717) is 41.0 Å². The standard InChI is InChI=1S/C25H24BrClN2O4S/c1-4-31-20-13-17(12-19(26)23(20)33-14-16-7-6-8-18(27)11-16)22-21(24(30)32-5-2)15(3)28-25-29(22)9-10-34-25/h6-13,22H,4-5,14H2,1-3H3/t22-/m0/s1. The zero-order valence-corrected chi connectivity index (χ0v) is 22.2. The number of hydrogen-bond donors (Lipinski definition) is 0. The Labute approximate surface area is 216 Å². The van der Waals surface area contributed by atoms with E-state index in [4.69, 9.17) is 25.8 Å². The first-order chi connectivity index (χ1) is 16.4. The second-order valence-electron chi connectivity index (χ2n) is 7.51. The molecule has 2 aliphatic rings. The first kappa shape index (κ1) is 24.7. The molecule has 2 aromatic carbocycles. The number of fused-ring (bicyclic) bond motifs is 1. The number of amidine groups is 1. The van der Waals surface area contributed by atoms with Crippen LogP contribution < -0.4 is 9.47 Å². The fourth-order valence-electron chi connectivity index (χ4n) is 3.83. The van der Waals surface area contributed by atoms with Crippen molar-refractivity contribution in [3.05, 3.63) is 79.9 Å². The van der Waals surface area contributed by atoms with E-state index in [2.05, 4.69) is 20.9 Å². The largest absolute Gasteiger partial charge is 0.490 e. The SMILES string of the molecule is CCOC(=O)C1=C(C)N=C2SC=CN2[C@H]1c1cc(Br)c(OCc2cccc(Cl)c2)c(OCC)c1. The second-order valence-corrected chi connectivity index (χ2v) is 9.67. The highest BCUT2D eigenvalue weighted by Crippen LogP contribution is 2.45. The highest BCUT2D eigenvalue weighted by atomic mass is 79.9. The van der Waals surface area contributed by atoms with Crippen molar-refractivity contribution in [2.75, 3.05) is 13.2 Å². The highest BCUT2D eigenvalue weighted by molar-refractivity contribution is 9.10. The van der Waals surface area contributed by atoms with Crippen LogP contribution in [0.25, 0.3) is 0 Å². The molecule has 0 saturated heterocycles. The van der Waals surface area contributed by atoms with Gasteiger partial charge in [-0.2, -0.15) is 0 Å². The number of thioether (sulfide) groups is 1. The smallest absolute Gasteiger partial charge is 0.338 e. The minimum absolute atomic E-state index is 0.285. The molecule has 4 rings (SSSR count). The van der Waals surface area contributed by atoms with Crippen LogP contribution >= 0.6 is 39.3 Å². The number of carbonyl (C=O) groups excluding carboxylic acids is 1. The summed E-state index contributed by atoms with van der Waals surface area (Å²) < 4.78 is 18.2. The lowest BCUT2D eigenvalue weighted by molar-refractivity contribution is -0.139. The Morgan fingerprint density at radius 2 is 2.03 bits per heavy atom. The Morgan fingerprint density at radius 1 is 1.21 bits per heavy atom. The number of nitrogens with zero attached hydrogens (tertiary/aromatic N) is 2. The van der Waals surface area contributed by atoms with Gasteiger partial charge in [-0.15, -0.1) is 0 Å². The molecule has 2 aromatic rings. The predicted octanol–water partition coefficient (Wildman–Crippen LogP) is 6.85. The number of aliphatic imine (C=N–C) groups is 1. The third-order valence-corrected chi connectivity index (χ3v) is 6.83. The number of carbonyl (C=O) groups is 1. The fourth-order valence-corrected chi connectivity index (χ4v) is 5.41. The van der Waals surface area contributed by atoms with Gasteiger partial charge in [0.2, 0.25) is 0 Å². The van der Waals surface area contributed by atoms with Crippen LogP contribution in [0, 0.1) is 0 Å². The average molecular weight is 564 g/mol. The molecule has 0 N–H and O–H groups in total. The van der Waals surface area contributed by atoms with Crippen molar-refractivity contribution in [1.82, 2.24) is 4.90 Å². The van der Waals surface area contributed by atoms with Crippen molar-refractivity contribution in [2.45, 2.75) is 33.4 Å². The van der Waals surface area contributed by atoms with Gasteiger partial charge in [0.05, 0.1) is 35.0 Å². The highest BCUT2D eigenvalue weighted by Gasteiger charge is 2.38. The van der Waals surface area contributed by atoms with Gasteiger partial charge in [0.15, 0.2) is 16.7 Å². The summed E-state index contributed by atoms with van der Waals surface area (Å²) >= 11 is 11.3. The Morgan fingerprint density at radius 3 is 2.76 bits per heavy atom. The third kappa shape index (κ3) is 5.14. The van der Waals surface area contributed by atoms with Gasteiger partial charge in [0.25, 0.3) is 0 Å². The van der Waals surface area contributed by atoms with Gasteiger partial charge in [-0.25, -0.2) is 9.79 Å². The average Bonchev–Trinajstić information content (AvgIpc) is 3.25. The maximum absolute atomic E-state index is 12.9. The van der Waals surface area contributed by atoms with E-state index in [-0.39, 0.29) is 12.6 Å². The Balaban J connectivity index is 1.73. The zero-order chi connectivity index (χ0) is 24.2. The molecule has 2 heterocycles. The quantitative estimate of drug-likeness (QED) is 0.328. The molecule has 0 saturated carbocycles. The van der Waals surface area contributed by atoms with Gasteiger partial charge < -0.3 is 19.1 Å². The molecule has 1 atom stereocenters. The van der Waals surface area contributed by atoms with Crippen LogP contribution in [0.3, 0.4) is 0 Å². The third-order valence-electron chi connectivity index (χ3n) is 5.24. The van der Waals surface area contributed by atoms with E-state index in [1.54, 1.807) is 6.92 Å². The van der Waals surface area contributed by atoms with Crippen LogP contribution in [0.4, 0.5) is 0 Å². The summed E-state index contributed by atoms with van der Waals surface area (Å²) in [6.07, 6.45) is 1.93. The summed E-state index contributed by atoms with van der Waals surface area (Å²) in [5, 5.41) is 3.42. The molecule has 0 fully saturated rings. The number of allylic oxidation sites excluding steroid dienone is 1. The molecule has 0 bridgehead atoms. The molecule has 0 radical (unpaired) electrons. The van der Waals surface area contributed by atoms with E-state index < -0.39 is 6.04 Å². The summed E-state index contributed by atoms with van der Waals surface area (Å²) in [5.41, 5.74) is 2.94. The van der Waals surface area contributed by atoms with Crippen molar-refractivity contribution >= 4 is 50.4 Å².